The number of piperidine rings is 2. The number of benzene rings is 1. The van der Waals surface area contributed by atoms with E-state index in [9.17, 15) is 19.2 Å². The molecule has 4 heterocycles. The van der Waals surface area contributed by atoms with E-state index in [-0.39, 0.29) is 24.8 Å². The fourth-order valence-corrected chi connectivity index (χ4v) is 5.62. The lowest BCUT2D eigenvalue weighted by molar-refractivity contribution is -0.135. The van der Waals surface area contributed by atoms with Crippen LogP contribution in [0.15, 0.2) is 27.4 Å². The maximum atomic E-state index is 12.6. The fourth-order valence-electron chi connectivity index (χ4n) is 5.62. The van der Waals surface area contributed by atoms with Crippen molar-refractivity contribution in [3.05, 3.63) is 28.7 Å². The van der Waals surface area contributed by atoms with Gasteiger partial charge in [-0.15, -0.1) is 0 Å². The van der Waals surface area contributed by atoms with Crippen LogP contribution in [0.25, 0.3) is 11.1 Å². The molecule has 38 heavy (non-hydrogen) atoms. The van der Waals surface area contributed by atoms with Crippen LogP contribution in [-0.4, -0.2) is 83.7 Å². The zero-order chi connectivity index (χ0) is 27.0. The molecule has 3 amide bonds. The van der Waals surface area contributed by atoms with Gasteiger partial charge in [0.1, 0.15) is 11.6 Å². The number of ether oxygens (including phenoxy) is 1. The molecule has 0 radical (unpaired) electrons. The minimum atomic E-state index is -0.744. The van der Waals surface area contributed by atoms with Gasteiger partial charge in [0, 0.05) is 64.0 Å². The number of imide groups is 1. The van der Waals surface area contributed by atoms with Gasteiger partial charge >= 0.3 is 11.8 Å². The first-order chi connectivity index (χ1) is 18.1. The Balaban J connectivity index is 1.14. The van der Waals surface area contributed by atoms with E-state index < -0.39 is 23.3 Å². The SMILES string of the molecule is CC(C)(C)OC(=O)N1CCC(CN2CCN(c3ccc4c(c3)oc(=O)n4C3CCC(=O)NC3=O)CC2)CC1. The number of nitrogens with zero attached hydrogens (tertiary/aromatic N) is 4. The molecular weight excluding hydrogens is 490 g/mol. The second kappa shape index (κ2) is 10.4. The summed E-state index contributed by atoms with van der Waals surface area (Å²) in [4.78, 5) is 55.3. The van der Waals surface area contributed by atoms with Crippen LogP contribution in [0.2, 0.25) is 0 Å². The molecule has 0 aliphatic carbocycles. The molecule has 11 nitrogen and oxygen atoms in total. The molecule has 0 saturated carbocycles. The number of aromatic nitrogens is 1. The molecule has 1 unspecified atom stereocenters. The standard InChI is InChI=1S/C27H37N5O6/c1-27(2,3)38-25(35)31-10-8-18(9-11-31)17-29-12-14-30(15-13-29)19-4-5-20-22(16-19)37-26(36)32(20)21-6-7-23(33)28-24(21)34/h4-5,16,18,21H,6-15,17H2,1-3H3,(H,28,33,34). The van der Waals surface area contributed by atoms with Gasteiger partial charge in [0.25, 0.3) is 0 Å². The van der Waals surface area contributed by atoms with Crippen molar-refractivity contribution < 1.29 is 23.5 Å². The van der Waals surface area contributed by atoms with Crippen molar-refractivity contribution in [2.75, 3.05) is 50.7 Å². The average Bonchev–Trinajstić information content (AvgIpc) is 3.19. The Morgan fingerprint density at radius 3 is 2.39 bits per heavy atom. The molecule has 3 saturated heterocycles. The third-order valence-corrected chi connectivity index (χ3v) is 7.64. The molecule has 206 valence electrons. The van der Waals surface area contributed by atoms with E-state index in [4.69, 9.17) is 9.15 Å². The topological polar surface area (TPSA) is 117 Å². The lowest BCUT2D eigenvalue weighted by atomic mass is 9.96. The third-order valence-electron chi connectivity index (χ3n) is 7.64. The van der Waals surface area contributed by atoms with Crippen molar-refractivity contribution in [2.45, 2.75) is 58.1 Å². The molecule has 0 bridgehead atoms. The number of hydrogen-bond acceptors (Lipinski definition) is 8. The average molecular weight is 528 g/mol. The van der Waals surface area contributed by atoms with Crippen LogP contribution in [0.1, 0.15) is 52.5 Å². The molecule has 1 atom stereocenters. The van der Waals surface area contributed by atoms with Gasteiger partial charge in [-0.05, 0) is 58.1 Å². The Morgan fingerprint density at radius 2 is 1.74 bits per heavy atom. The molecule has 3 fully saturated rings. The summed E-state index contributed by atoms with van der Waals surface area (Å²) >= 11 is 0. The number of fused-ring (bicyclic) bond motifs is 1. The number of anilines is 1. The predicted molar refractivity (Wildman–Crippen MR) is 141 cm³/mol. The monoisotopic (exact) mass is 527 g/mol. The summed E-state index contributed by atoms with van der Waals surface area (Å²) in [6.45, 7) is 11.8. The lowest BCUT2D eigenvalue weighted by Crippen LogP contribution is -2.49. The van der Waals surface area contributed by atoms with Crippen LogP contribution in [-0.2, 0) is 14.3 Å². The number of nitrogens with one attached hydrogen (secondary N) is 1. The molecule has 1 N–H and O–H groups in total. The van der Waals surface area contributed by atoms with Crippen LogP contribution < -0.4 is 16.0 Å². The second-order valence-corrected chi connectivity index (χ2v) is 11.6. The van der Waals surface area contributed by atoms with Crippen molar-refractivity contribution in [3.63, 3.8) is 0 Å². The number of likely N-dealkylation sites (tertiary alicyclic amines) is 1. The maximum absolute atomic E-state index is 12.6. The Hall–Kier alpha value is -3.34. The van der Waals surface area contributed by atoms with Crippen molar-refractivity contribution in [2.24, 2.45) is 5.92 Å². The predicted octanol–water partition coefficient (Wildman–Crippen LogP) is 2.34. The molecular formula is C27H37N5O6. The van der Waals surface area contributed by atoms with Gasteiger partial charge in [0.2, 0.25) is 11.8 Å². The quantitative estimate of drug-likeness (QED) is 0.603. The van der Waals surface area contributed by atoms with Crippen molar-refractivity contribution >= 4 is 34.7 Å². The number of oxazole rings is 1. The van der Waals surface area contributed by atoms with Gasteiger partial charge < -0.3 is 19.0 Å². The van der Waals surface area contributed by atoms with Gasteiger partial charge in [-0.3, -0.25) is 24.4 Å². The second-order valence-electron chi connectivity index (χ2n) is 11.6. The Bertz CT molecular complexity index is 1260. The highest BCUT2D eigenvalue weighted by Gasteiger charge is 2.32. The number of piperazine rings is 1. The largest absolute Gasteiger partial charge is 0.444 e. The normalized spacial score (nSPS) is 22.1. The van der Waals surface area contributed by atoms with Crippen LogP contribution in [0.4, 0.5) is 10.5 Å². The number of carbonyl (C=O) groups is 3. The molecule has 3 aliphatic heterocycles. The fraction of sp³-hybridized carbons (Fsp3) is 0.630. The van der Waals surface area contributed by atoms with E-state index in [1.54, 1.807) is 0 Å². The summed E-state index contributed by atoms with van der Waals surface area (Å²) in [5, 5.41) is 2.31. The highest BCUT2D eigenvalue weighted by atomic mass is 16.6. The molecule has 1 aromatic carbocycles. The molecule has 11 heteroatoms. The third kappa shape index (κ3) is 5.72. The van der Waals surface area contributed by atoms with Crippen LogP contribution in [0, 0.1) is 5.92 Å². The van der Waals surface area contributed by atoms with Gasteiger partial charge in [0.15, 0.2) is 5.58 Å². The van der Waals surface area contributed by atoms with Gasteiger partial charge in [-0.1, -0.05) is 0 Å². The summed E-state index contributed by atoms with van der Waals surface area (Å²) in [7, 11) is 0. The molecule has 3 aliphatic rings. The summed E-state index contributed by atoms with van der Waals surface area (Å²) in [6.07, 6.45) is 2.23. The Morgan fingerprint density at radius 1 is 1.03 bits per heavy atom. The highest BCUT2D eigenvalue weighted by molar-refractivity contribution is 6.00. The van der Waals surface area contributed by atoms with Crippen molar-refractivity contribution in [1.82, 2.24) is 19.7 Å². The zero-order valence-electron chi connectivity index (χ0n) is 22.4. The van der Waals surface area contributed by atoms with Gasteiger partial charge in [-0.25, -0.2) is 9.59 Å². The maximum Gasteiger partial charge on any atom is 0.420 e. The first-order valence-corrected chi connectivity index (χ1v) is 13.5. The minimum Gasteiger partial charge on any atom is -0.444 e. The van der Waals surface area contributed by atoms with Crippen LogP contribution >= 0.6 is 0 Å². The first kappa shape index (κ1) is 26.3. The number of carbonyl (C=O) groups excluding carboxylic acids is 3. The number of rotatable bonds is 4. The molecule has 5 rings (SSSR count). The van der Waals surface area contributed by atoms with Crippen molar-refractivity contribution in [3.8, 4) is 0 Å². The summed E-state index contributed by atoms with van der Waals surface area (Å²) in [5.41, 5.74) is 1.51. The lowest BCUT2D eigenvalue weighted by Gasteiger charge is -2.39. The van der Waals surface area contributed by atoms with Crippen LogP contribution in [0.5, 0.6) is 0 Å². The Kier molecular flexibility index (Phi) is 7.21. The summed E-state index contributed by atoms with van der Waals surface area (Å²) in [6, 6.07) is 4.90. The van der Waals surface area contributed by atoms with E-state index in [2.05, 4.69) is 15.1 Å². The molecule has 1 aromatic heterocycles. The van der Waals surface area contributed by atoms with Crippen LogP contribution in [0.3, 0.4) is 0 Å². The Labute approximate surface area is 221 Å². The first-order valence-electron chi connectivity index (χ1n) is 13.5. The minimum absolute atomic E-state index is 0.195. The van der Waals surface area contributed by atoms with E-state index in [0.29, 0.717) is 17.0 Å². The molecule has 0 spiro atoms. The van der Waals surface area contributed by atoms with E-state index in [1.807, 2.05) is 43.9 Å². The van der Waals surface area contributed by atoms with Crippen molar-refractivity contribution in [1.29, 1.82) is 0 Å². The summed E-state index contributed by atoms with van der Waals surface area (Å²) < 4.78 is 12.4. The van der Waals surface area contributed by atoms with E-state index in [0.717, 1.165) is 64.3 Å². The van der Waals surface area contributed by atoms with Gasteiger partial charge in [-0.2, -0.15) is 0 Å². The highest BCUT2D eigenvalue weighted by Crippen LogP contribution is 2.28. The number of hydrogen-bond donors (Lipinski definition) is 1. The zero-order valence-corrected chi connectivity index (χ0v) is 22.4. The van der Waals surface area contributed by atoms with E-state index >= 15 is 0 Å². The van der Waals surface area contributed by atoms with Gasteiger partial charge in [0.05, 0.1) is 5.52 Å². The smallest absolute Gasteiger partial charge is 0.420 e. The van der Waals surface area contributed by atoms with E-state index in [1.165, 1.54) is 4.57 Å². The number of amides is 3. The summed E-state index contributed by atoms with van der Waals surface area (Å²) in [5.74, 6) is -0.811. The molecule has 2 aromatic rings.